The molecule has 0 saturated heterocycles. The first-order valence-corrected chi connectivity index (χ1v) is 2.62. The number of anilines is 2. The molecule has 0 aromatic carbocycles. The average molecular weight is 181 g/mol. The van der Waals surface area contributed by atoms with Gasteiger partial charge in [0, 0.05) is 6.07 Å². The molecule has 10 heavy (non-hydrogen) atoms. The Hall–Kier alpha value is -0.740. The van der Waals surface area contributed by atoms with E-state index < -0.39 is 0 Å². The number of nitrogens with two attached hydrogens (primary N) is 2. The second kappa shape index (κ2) is 3.43. The summed E-state index contributed by atoms with van der Waals surface area (Å²) in [6.07, 6.45) is 0. The number of aromatic nitrogens is 2. The van der Waals surface area contributed by atoms with Crippen LogP contribution >= 0.6 is 24.0 Å². The Kier molecular flexibility index (Phi) is 3.18. The first-order valence-electron chi connectivity index (χ1n) is 2.24. The topological polar surface area (TPSA) is 77.8 Å². The van der Waals surface area contributed by atoms with Gasteiger partial charge in [-0.1, -0.05) is 11.6 Å². The lowest BCUT2D eigenvalue weighted by atomic mass is 10.6. The summed E-state index contributed by atoms with van der Waals surface area (Å²) in [4.78, 5) is 7.18. The van der Waals surface area contributed by atoms with Crippen LogP contribution in [0.5, 0.6) is 0 Å². The fraction of sp³-hybridized carbons (Fsp3) is 0. The minimum Gasteiger partial charge on any atom is -0.383 e. The van der Waals surface area contributed by atoms with E-state index in [-0.39, 0.29) is 29.3 Å². The minimum absolute atomic E-state index is 0. The van der Waals surface area contributed by atoms with Crippen LogP contribution in [0.1, 0.15) is 0 Å². The number of hydrogen-bond donors (Lipinski definition) is 2. The molecule has 1 rings (SSSR count). The van der Waals surface area contributed by atoms with Crippen molar-refractivity contribution in [2.24, 2.45) is 0 Å². The summed E-state index contributed by atoms with van der Waals surface area (Å²) in [7, 11) is 0. The Morgan fingerprint density at radius 2 is 1.90 bits per heavy atom. The van der Waals surface area contributed by atoms with Gasteiger partial charge in [-0.15, -0.1) is 12.4 Å². The molecule has 0 amide bonds. The third kappa shape index (κ3) is 2.24. The molecular weight excluding hydrogens is 175 g/mol. The van der Waals surface area contributed by atoms with Crippen LogP contribution in [0.25, 0.3) is 0 Å². The molecule has 1 aromatic rings. The second-order valence-electron chi connectivity index (χ2n) is 1.47. The Balaban J connectivity index is 0.000000810. The van der Waals surface area contributed by atoms with Crippen molar-refractivity contribution in [3.8, 4) is 0 Å². The smallest absolute Gasteiger partial charge is 0.223 e. The summed E-state index contributed by atoms with van der Waals surface area (Å²) in [5.74, 6) is 0.382. The molecule has 0 atom stereocenters. The van der Waals surface area contributed by atoms with Gasteiger partial charge in [0.15, 0.2) is 0 Å². The monoisotopic (exact) mass is 180 g/mol. The lowest BCUT2D eigenvalue weighted by Crippen LogP contribution is -1.98. The predicted molar refractivity (Wildman–Crippen MR) is 43.1 cm³/mol. The van der Waals surface area contributed by atoms with Gasteiger partial charge >= 0.3 is 0 Å². The molecule has 0 aliphatic carbocycles. The lowest BCUT2D eigenvalue weighted by Gasteiger charge is -1.93. The van der Waals surface area contributed by atoms with Gasteiger partial charge in [-0.2, -0.15) is 4.98 Å². The lowest BCUT2D eigenvalue weighted by molar-refractivity contribution is 1.19. The Bertz CT molecular complexity index is 176. The highest BCUT2D eigenvalue weighted by molar-refractivity contribution is 6.29. The molecule has 0 aliphatic rings. The van der Waals surface area contributed by atoms with Crippen LogP contribution in [-0.4, -0.2) is 9.97 Å². The molecule has 1 aromatic heterocycles. The molecule has 0 fully saturated rings. The fourth-order valence-electron chi connectivity index (χ4n) is 0.453. The van der Waals surface area contributed by atoms with Gasteiger partial charge in [0.25, 0.3) is 0 Å². The molecule has 1 heterocycles. The highest BCUT2D eigenvalue weighted by Gasteiger charge is 1.93. The van der Waals surface area contributed by atoms with Crippen LogP contribution in [0.15, 0.2) is 6.07 Å². The molecular formula is C4H6Cl2N4. The number of rotatable bonds is 0. The maximum atomic E-state index is 5.44. The minimum atomic E-state index is 0. The first kappa shape index (κ1) is 9.26. The van der Waals surface area contributed by atoms with Gasteiger partial charge in [-0.25, -0.2) is 4.98 Å². The highest BCUT2D eigenvalue weighted by atomic mass is 35.5. The van der Waals surface area contributed by atoms with Crippen molar-refractivity contribution < 1.29 is 0 Å². The van der Waals surface area contributed by atoms with Crippen LogP contribution in [-0.2, 0) is 0 Å². The molecule has 4 N–H and O–H groups in total. The van der Waals surface area contributed by atoms with Crippen molar-refractivity contribution in [2.75, 3.05) is 11.5 Å². The summed E-state index contributed by atoms with van der Waals surface area (Å²) in [6, 6.07) is 1.43. The van der Waals surface area contributed by atoms with Gasteiger partial charge < -0.3 is 11.5 Å². The van der Waals surface area contributed by atoms with Crippen molar-refractivity contribution in [2.45, 2.75) is 0 Å². The molecule has 56 valence electrons. The third-order valence-electron chi connectivity index (χ3n) is 0.732. The molecule has 0 bridgehead atoms. The van der Waals surface area contributed by atoms with E-state index >= 15 is 0 Å². The second-order valence-corrected chi connectivity index (χ2v) is 1.86. The van der Waals surface area contributed by atoms with E-state index in [9.17, 15) is 0 Å². The zero-order valence-electron chi connectivity index (χ0n) is 4.91. The van der Waals surface area contributed by atoms with E-state index in [1.54, 1.807) is 0 Å². The zero-order chi connectivity index (χ0) is 6.85. The normalized spacial score (nSPS) is 8.50. The molecule has 4 nitrogen and oxygen atoms in total. The van der Waals surface area contributed by atoms with Crippen LogP contribution in [0, 0.1) is 0 Å². The number of hydrogen-bond acceptors (Lipinski definition) is 4. The predicted octanol–water partition coefficient (Wildman–Crippen LogP) is 0.716. The van der Waals surface area contributed by atoms with E-state index in [2.05, 4.69) is 9.97 Å². The number of nitrogen functional groups attached to an aromatic ring is 2. The largest absolute Gasteiger partial charge is 0.383 e. The average Bonchev–Trinajstić information content (AvgIpc) is 1.59. The van der Waals surface area contributed by atoms with Crippen molar-refractivity contribution in [1.82, 2.24) is 9.97 Å². The van der Waals surface area contributed by atoms with Gasteiger partial charge in [-0.3, -0.25) is 0 Å². The Labute approximate surface area is 69.0 Å². The standard InChI is InChI=1S/C4H5ClN4.ClH/c5-2-1-3(6)9-4(7)8-2;/h1H,(H4,6,7,8,9);1H. The van der Waals surface area contributed by atoms with Crippen LogP contribution in [0.4, 0.5) is 11.8 Å². The molecule has 0 saturated carbocycles. The summed E-state index contributed by atoms with van der Waals surface area (Å²) < 4.78 is 0. The maximum Gasteiger partial charge on any atom is 0.223 e. The third-order valence-corrected chi connectivity index (χ3v) is 0.926. The van der Waals surface area contributed by atoms with Crippen molar-refractivity contribution in [1.29, 1.82) is 0 Å². The molecule has 0 unspecified atom stereocenters. The van der Waals surface area contributed by atoms with Crippen molar-refractivity contribution >= 4 is 35.8 Å². The summed E-state index contributed by atoms with van der Waals surface area (Å²) in [6.45, 7) is 0. The Morgan fingerprint density at radius 1 is 1.30 bits per heavy atom. The summed E-state index contributed by atoms with van der Waals surface area (Å²) >= 11 is 5.44. The van der Waals surface area contributed by atoms with Crippen LogP contribution in [0.3, 0.4) is 0 Å². The van der Waals surface area contributed by atoms with Crippen molar-refractivity contribution in [3.05, 3.63) is 11.2 Å². The van der Waals surface area contributed by atoms with E-state index in [0.29, 0.717) is 0 Å². The number of halogens is 2. The van der Waals surface area contributed by atoms with Gasteiger partial charge in [0.2, 0.25) is 5.95 Å². The van der Waals surface area contributed by atoms with Crippen molar-refractivity contribution in [3.63, 3.8) is 0 Å². The maximum absolute atomic E-state index is 5.44. The van der Waals surface area contributed by atoms with Crippen LogP contribution < -0.4 is 11.5 Å². The van der Waals surface area contributed by atoms with Gasteiger partial charge in [0.1, 0.15) is 11.0 Å². The molecule has 0 radical (unpaired) electrons. The van der Waals surface area contributed by atoms with E-state index in [4.69, 9.17) is 23.1 Å². The SMILES string of the molecule is Cl.Nc1cc(Cl)nc(N)n1. The molecule has 6 heteroatoms. The first-order chi connectivity index (χ1) is 4.18. The summed E-state index contributed by atoms with van der Waals surface area (Å²) in [5.41, 5.74) is 10.4. The van der Waals surface area contributed by atoms with Gasteiger partial charge in [0.05, 0.1) is 0 Å². The Morgan fingerprint density at radius 3 is 2.30 bits per heavy atom. The summed E-state index contributed by atoms with van der Waals surface area (Å²) in [5, 5.41) is 0.264. The number of nitrogens with zero attached hydrogens (tertiary/aromatic N) is 2. The van der Waals surface area contributed by atoms with E-state index in [0.717, 1.165) is 0 Å². The zero-order valence-corrected chi connectivity index (χ0v) is 6.49. The fourth-order valence-corrected chi connectivity index (χ4v) is 0.652. The highest BCUT2D eigenvalue weighted by Crippen LogP contribution is 2.08. The van der Waals surface area contributed by atoms with Crippen LogP contribution in [0.2, 0.25) is 5.15 Å². The van der Waals surface area contributed by atoms with E-state index in [1.165, 1.54) is 6.07 Å². The molecule has 0 aliphatic heterocycles. The quantitative estimate of drug-likeness (QED) is 0.578. The van der Waals surface area contributed by atoms with Gasteiger partial charge in [-0.05, 0) is 0 Å². The molecule has 0 spiro atoms. The van der Waals surface area contributed by atoms with E-state index in [1.807, 2.05) is 0 Å².